The lowest BCUT2D eigenvalue weighted by Gasteiger charge is -2.62. The fourth-order valence-electron chi connectivity index (χ4n) is 8.14. The summed E-state index contributed by atoms with van der Waals surface area (Å²) < 4.78 is 11.9. The van der Waals surface area contributed by atoms with E-state index in [9.17, 15) is 10.1 Å². The van der Waals surface area contributed by atoms with E-state index >= 15 is 0 Å². The van der Waals surface area contributed by atoms with Crippen molar-refractivity contribution in [1.82, 2.24) is 0 Å². The Kier molecular flexibility index (Phi) is 4.62. The highest BCUT2D eigenvalue weighted by Crippen LogP contribution is 2.67. The molecule has 0 aliphatic heterocycles. The second-order valence-corrected chi connectivity index (χ2v) is 10.1. The number of rotatable bonds is 3. The summed E-state index contributed by atoms with van der Waals surface area (Å²) in [5.41, 5.74) is 0.0421. The normalized spacial score (nSPS) is 53.5. The number of hydrogen-bond donors (Lipinski definition) is 0. The topological polar surface area (TPSA) is 61.6 Å². The first-order chi connectivity index (χ1) is 12.3. The van der Waals surface area contributed by atoms with Crippen LogP contribution in [0.4, 0.5) is 0 Å². The minimum atomic E-state index is -0.394. The zero-order valence-electron chi connectivity index (χ0n) is 16.8. The SMILES string of the molecule is COC1CCC2CCC3C4CCC([N+](=O)[O-])C4(C)CC(OC)C3C2(C)C1. The van der Waals surface area contributed by atoms with Crippen LogP contribution < -0.4 is 0 Å². The van der Waals surface area contributed by atoms with E-state index in [2.05, 4.69) is 13.8 Å². The monoisotopic (exact) mass is 365 g/mol. The molecule has 0 heterocycles. The summed E-state index contributed by atoms with van der Waals surface area (Å²) in [6.07, 6.45) is 9.18. The van der Waals surface area contributed by atoms with E-state index in [1.54, 1.807) is 0 Å². The molecule has 0 N–H and O–H groups in total. The van der Waals surface area contributed by atoms with Gasteiger partial charge in [0.2, 0.25) is 6.04 Å². The van der Waals surface area contributed by atoms with Gasteiger partial charge in [-0.1, -0.05) is 13.8 Å². The molecule has 5 nitrogen and oxygen atoms in total. The molecule has 4 rings (SSSR count). The van der Waals surface area contributed by atoms with Crippen LogP contribution in [-0.2, 0) is 9.47 Å². The largest absolute Gasteiger partial charge is 0.381 e. The third-order valence-corrected chi connectivity index (χ3v) is 9.32. The molecule has 0 aromatic carbocycles. The van der Waals surface area contributed by atoms with E-state index in [4.69, 9.17) is 9.47 Å². The Morgan fingerprint density at radius 1 is 0.923 bits per heavy atom. The van der Waals surface area contributed by atoms with Crippen molar-refractivity contribution in [3.05, 3.63) is 10.1 Å². The number of nitro groups is 1. The van der Waals surface area contributed by atoms with Crippen molar-refractivity contribution in [3.8, 4) is 0 Å². The van der Waals surface area contributed by atoms with E-state index in [0.717, 1.165) is 31.6 Å². The second-order valence-electron chi connectivity index (χ2n) is 10.1. The summed E-state index contributed by atoms with van der Waals surface area (Å²) in [5.74, 6) is 2.33. The van der Waals surface area contributed by atoms with E-state index in [-0.39, 0.29) is 21.9 Å². The predicted molar refractivity (Wildman–Crippen MR) is 99.5 cm³/mol. The molecule has 4 saturated carbocycles. The number of methoxy groups -OCH3 is 2. The molecule has 0 bridgehead atoms. The summed E-state index contributed by atoms with van der Waals surface area (Å²) in [5, 5.41) is 11.7. The maximum atomic E-state index is 11.7. The van der Waals surface area contributed by atoms with Gasteiger partial charge in [-0.3, -0.25) is 10.1 Å². The zero-order valence-corrected chi connectivity index (χ0v) is 16.8. The van der Waals surface area contributed by atoms with Crippen LogP contribution in [0.5, 0.6) is 0 Å². The Bertz CT molecular complexity index is 568. The molecule has 4 fully saturated rings. The predicted octanol–water partition coefficient (Wildman–Crippen LogP) is 4.31. The lowest BCUT2D eigenvalue weighted by molar-refractivity contribution is -0.541. The van der Waals surface area contributed by atoms with Crippen LogP contribution in [0.2, 0.25) is 0 Å². The summed E-state index contributed by atoms with van der Waals surface area (Å²) in [6.45, 7) is 4.67. The molecule has 9 atom stereocenters. The Morgan fingerprint density at radius 2 is 1.65 bits per heavy atom. The van der Waals surface area contributed by atoms with Gasteiger partial charge in [-0.15, -0.1) is 0 Å². The molecule has 5 heteroatoms. The highest BCUT2D eigenvalue weighted by Gasteiger charge is 2.66. The number of nitrogens with zero attached hydrogens (tertiary/aromatic N) is 1. The summed E-state index contributed by atoms with van der Waals surface area (Å²) in [4.78, 5) is 11.7. The first-order valence-electron chi connectivity index (χ1n) is 10.5. The lowest BCUT2D eigenvalue weighted by Crippen LogP contribution is -2.60. The van der Waals surface area contributed by atoms with Crippen molar-refractivity contribution in [2.24, 2.45) is 34.5 Å². The van der Waals surface area contributed by atoms with Gasteiger partial charge in [-0.25, -0.2) is 0 Å². The lowest BCUT2D eigenvalue weighted by atomic mass is 9.44. The van der Waals surface area contributed by atoms with Gasteiger partial charge >= 0.3 is 0 Å². The van der Waals surface area contributed by atoms with Crippen LogP contribution in [0.15, 0.2) is 0 Å². The van der Waals surface area contributed by atoms with Crippen molar-refractivity contribution in [2.45, 2.75) is 83.5 Å². The summed E-state index contributed by atoms with van der Waals surface area (Å²) in [6, 6.07) is -0.394. The maximum absolute atomic E-state index is 11.7. The smallest absolute Gasteiger partial charge is 0.218 e. The Labute approximate surface area is 157 Å². The third-order valence-electron chi connectivity index (χ3n) is 9.32. The highest BCUT2D eigenvalue weighted by atomic mass is 16.6. The van der Waals surface area contributed by atoms with Crippen molar-refractivity contribution < 1.29 is 14.4 Å². The molecule has 0 saturated heterocycles. The van der Waals surface area contributed by atoms with Gasteiger partial charge in [0.1, 0.15) is 0 Å². The highest BCUT2D eigenvalue weighted by molar-refractivity contribution is 5.12. The molecular weight excluding hydrogens is 330 g/mol. The average Bonchev–Trinajstić information content (AvgIpc) is 2.96. The fraction of sp³-hybridized carbons (Fsp3) is 1.00. The molecule has 4 aliphatic rings. The van der Waals surface area contributed by atoms with Gasteiger partial charge < -0.3 is 9.47 Å². The molecule has 0 amide bonds. The van der Waals surface area contributed by atoms with E-state index in [1.807, 2.05) is 14.2 Å². The molecule has 0 spiro atoms. The number of hydrogen-bond acceptors (Lipinski definition) is 4. The van der Waals surface area contributed by atoms with Gasteiger partial charge in [-0.05, 0) is 74.0 Å². The molecule has 9 unspecified atom stereocenters. The van der Waals surface area contributed by atoms with Gasteiger partial charge in [-0.2, -0.15) is 0 Å². The molecule has 26 heavy (non-hydrogen) atoms. The van der Waals surface area contributed by atoms with Crippen LogP contribution in [0.25, 0.3) is 0 Å². The molecule has 0 aromatic rings. The average molecular weight is 366 g/mol. The Morgan fingerprint density at radius 3 is 2.31 bits per heavy atom. The first-order valence-corrected chi connectivity index (χ1v) is 10.5. The van der Waals surface area contributed by atoms with Gasteiger partial charge in [0, 0.05) is 31.0 Å². The quantitative estimate of drug-likeness (QED) is 0.552. The van der Waals surface area contributed by atoms with Crippen molar-refractivity contribution in [1.29, 1.82) is 0 Å². The molecule has 0 radical (unpaired) electrons. The molecule has 148 valence electrons. The van der Waals surface area contributed by atoms with E-state index in [0.29, 0.717) is 23.9 Å². The van der Waals surface area contributed by atoms with Gasteiger partial charge in [0.25, 0.3) is 0 Å². The summed E-state index contributed by atoms with van der Waals surface area (Å²) in [7, 11) is 3.67. The Balaban J connectivity index is 1.70. The van der Waals surface area contributed by atoms with Crippen LogP contribution in [0.1, 0.15) is 65.2 Å². The Hall–Kier alpha value is -0.680. The van der Waals surface area contributed by atoms with Crippen LogP contribution in [-0.4, -0.2) is 37.4 Å². The van der Waals surface area contributed by atoms with E-state index < -0.39 is 6.04 Å². The van der Waals surface area contributed by atoms with Gasteiger partial charge in [0.15, 0.2) is 0 Å². The van der Waals surface area contributed by atoms with E-state index in [1.165, 1.54) is 25.7 Å². The fourth-order valence-corrected chi connectivity index (χ4v) is 8.14. The second kappa shape index (κ2) is 6.44. The summed E-state index contributed by atoms with van der Waals surface area (Å²) >= 11 is 0. The van der Waals surface area contributed by atoms with Crippen LogP contribution in [0.3, 0.4) is 0 Å². The van der Waals surface area contributed by atoms with Crippen molar-refractivity contribution >= 4 is 0 Å². The zero-order chi connectivity index (χ0) is 18.7. The first kappa shape index (κ1) is 18.7. The molecule has 0 aromatic heterocycles. The standard InChI is InChI=1S/C21H35NO4/c1-20-11-14(25-3)7-5-13(20)6-8-15-16-9-10-18(22(23)24)21(16,2)12-17(26-4)19(15)20/h13-19H,5-12H2,1-4H3. The van der Waals surface area contributed by atoms with Crippen molar-refractivity contribution in [3.63, 3.8) is 0 Å². The van der Waals surface area contributed by atoms with Crippen LogP contribution in [0, 0.1) is 44.6 Å². The maximum Gasteiger partial charge on any atom is 0.218 e. The molecular formula is C21H35NO4. The third kappa shape index (κ3) is 2.49. The van der Waals surface area contributed by atoms with Crippen LogP contribution >= 0.6 is 0 Å². The van der Waals surface area contributed by atoms with Gasteiger partial charge in [0.05, 0.1) is 12.2 Å². The molecule has 4 aliphatic carbocycles. The minimum Gasteiger partial charge on any atom is -0.381 e. The number of fused-ring (bicyclic) bond motifs is 5. The number of ether oxygens (including phenoxy) is 2. The van der Waals surface area contributed by atoms with Crippen molar-refractivity contribution in [2.75, 3.05) is 14.2 Å². The minimum absolute atomic E-state index is 0.00194.